The molecule has 0 N–H and O–H groups in total. The molecule has 1 atom stereocenters. The van der Waals surface area contributed by atoms with Gasteiger partial charge in [-0.1, -0.05) is 46.3 Å². The van der Waals surface area contributed by atoms with Crippen LogP contribution in [0, 0.1) is 0 Å². The highest BCUT2D eigenvalue weighted by Gasteiger charge is 2.33. The van der Waals surface area contributed by atoms with Gasteiger partial charge < -0.3 is 9.64 Å². The number of halogens is 2. The molecule has 1 amide bonds. The molecule has 0 bridgehead atoms. The van der Waals surface area contributed by atoms with E-state index in [0.29, 0.717) is 13.1 Å². The average molecular weight is 508 g/mol. The number of hydrogen-bond acceptors (Lipinski definition) is 3. The topological polar surface area (TPSA) is 32.8 Å². The lowest BCUT2D eigenvalue weighted by Crippen LogP contribution is -2.51. The number of piperazine rings is 1. The first-order valence-corrected chi connectivity index (χ1v) is 12.0. The van der Waals surface area contributed by atoms with Crippen molar-refractivity contribution in [3.8, 4) is 0 Å². The molecule has 1 aliphatic heterocycles. The van der Waals surface area contributed by atoms with Crippen LogP contribution in [0.15, 0.2) is 52.6 Å². The second-order valence-corrected chi connectivity index (χ2v) is 10.5. The van der Waals surface area contributed by atoms with Gasteiger partial charge in [-0.2, -0.15) is 0 Å². The number of aryl methyl sites for hydroxylation is 1. The molecule has 1 unspecified atom stereocenters. The first kappa shape index (κ1) is 24.1. The minimum Gasteiger partial charge on any atom is -0.444 e. The molecule has 31 heavy (non-hydrogen) atoms. The average Bonchev–Trinajstić information content (AvgIpc) is 2.83. The van der Waals surface area contributed by atoms with Crippen LogP contribution in [0.5, 0.6) is 0 Å². The van der Waals surface area contributed by atoms with E-state index in [9.17, 15) is 4.79 Å². The normalized spacial score (nSPS) is 20.9. The van der Waals surface area contributed by atoms with E-state index in [4.69, 9.17) is 16.3 Å². The number of benzene rings is 1. The number of ether oxygens (including phenoxy) is 1. The standard InChI is InChI=1S/C25H32BrClN2O2/c1-6-20(26)15-18-7-8-19-16-21(27)9-10-22(19)23(17(18)2)28-11-13-29(14-12-28)24(30)31-25(3,4)5/h6,9-10,15-16,23H,1,7-8,11-14H2,2-5H3/b20-15+. The predicted octanol–water partition coefficient (Wildman–Crippen LogP) is 6.66. The van der Waals surface area contributed by atoms with E-state index in [2.05, 4.69) is 52.5 Å². The molecule has 1 aromatic carbocycles. The molecule has 2 aliphatic rings. The van der Waals surface area contributed by atoms with E-state index in [1.165, 1.54) is 22.3 Å². The van der Waals surface area contributed by atoms with Crippen LogP contribution in [0.2, 0.25) is 5.02 Å². The summed E-state index contributed by atoms with van der Waals surface area (Å²) < 4.78 is 6.55. The first-order chi connectivity index (χ1) is 14.6. The summed E-state index contributed by atoms with van der Waals surface area (Å²) in [5.41, 5.74) is 4.78. The van der Waals surface area contributed by atoms with Gasteiger partial charge in [-0.05, 0) is 81.0 Å². The molecule has 1 aliphatic carbocycles. The number of allylic oxidation sites excluding steroid dienone is 4. The van der Waals surface area contributed by atoms with Gasteiger partial charge in [-0.25, -0.2) is 4.79 Å². The molecule has 0 saturated carbocycles. The molecule has 0 spiro atoms. The van der Waals surface area contributed by atoms with Crippen molar-refractivity contribution in [3.63, 3.8) is 0 Å². The Morgan fingerprint density at radius 2 is 1.90 bits per heavy atom. The quantitative estimate of drug-likeness (QED) is 0.429. The predicted molar refractivity (Wildman–Crippen MR) is 132 cm³/mol. The summed E-state index contributed by atoms with van der Waals surface area (Å²) in [5.74, 6) is 0. The molecule has 4 nitrogen and oxygen atoms in total. The van der Waals surface area contributed by atoms with Crippen LogP contribution >= 0.6 is 27.5 Å². The van der Waals surface area contributed by atoms with Crippen LogP contribution in [0.1, 0.15) is 51.3 Å². The smallest absolute Gasteiger partial charge is 0.410 e. The lowest BCUT2D eigenvalue weighted by atomic mass is 9.93. The van der Waals surface area contributed by atoms with Crippen LogP contribution in [-0.4, -0.2) is 47.7 Å². The van der Waals surface area contributed by atoms with Gasteiger partial charge in [0, 0.05) is 35.7 Å². The molecular formula is C25H32BrClN2O2. The van der Waals surface area contributed by atoms with Gasteiger partial charge in [0.1, 0.15) is 5.60 Å². The van der Waals surface area contributed by atoms with Gasteiger partial charge >= 0.3 is 6.09 Å². The van der Waals surface area contributed by atoms with Crippen molar-refractivity contribution < 1.29 is 9.53 Å². The Bertz CT molecular complexity index is 909. The van der Waals surface area contributed by atoms with Crippen molar-refractivity contribution in [1.82, 2.24) is 9.80 Å². The fourth-order valence-corrected chi connectivity index (χ4v) is 4.78. The fourth-order valence-electron chi connectivity index (χ4n) is 4.30. The zero-order valence-electron chi connectivity index (χ0n) is 18.9. The summed E-state index contributed by atoms with van der Waals surface area (Å²) >= 11 is 9.92. The highest BCUT2D eigenvalue weighted by Crippen LogP contribution is 2.39. The molecule has 1 saturated heterocycles. The van der Waals surface area contributed by atoms with E-state index in [1.807, 2.05) is 37.8 Å². The summed E-state index contributed by atoms with van der Waals surface area (Å²) in [6.45, 7) is 14.7. The Hall–Kier alpha value is -1.56. The number of fused-ring (bicyclic) bond motifs is 1. The summed E-state index contributed by atoms with van der Waals surface area (Å²) in [6, 6.07) is 6.41. The molecule has 6 heteroatoms. The zero-order valence-corrected chi connectivity index (χ0v) is 21.2. The van der Waals surface area contributed by atoms with E-state index in [-0.39, 0.29) is 12.1 Å². The van der Waals surface area contributed by atoms with Crippen molar-refractivity contribution in [1.29, 1.82) is 0 Å². The van der Waals surface area contributed by atoms with Crippen molar-refractivity contribution >= 4 is 33.6 Å². The second-order valence-electron chi connectivity index (χ2n) is 9.19. The van der Waals surface area contributed by atoms with E-state index < -0.39 is 5.60 Å². The van der Waals surface area contributed by atoms with Gasteiger partial charge in [0.15, 0.2) is 0 Å². The maximum absolute atomic E-state index is 12.5. The first-order valence-electron chi connectivity index (χ1n) is 10.8. The summed E-state index contributed by atoms with van der Waals surface area (Å²) in [5, 5.41) is 0.774. The Morgan fingerprint density at radius 3 is 2.52 bits per heavy atom. The van der Waals surface area contributed by atoms with Crippen molar-refractivity contribution in [2.45, 2.75) is 52.2 Å². The van der Waals surface area contributed by atoms with Gasteiger partial charge in [0.2, 0.25) is 0 Å². The van der Waals surface area contributed by atoms with Crippen molar-refractivity contribution in [2.75, 3.05) is 26.2 Å². The molecule has 1 fully saturated rings. The van der Waals surface area contributed by atoms with Gasteiger partial charge in [0.05, 0.1) is 6.04 Å². The number of nitrogens with zero attached hydrogens (tertiary/aromatic N) is 2. The lowest BCUT2D eigenvalue weighted by molar-refractivity contribution is 0.0117. The SMILES string of the molecule is C=C/C(Br)=C\C1=C(C)C(N2CCN(C(=O)OC(C)(C)C)CC2)c2ccc(Cl)cc2CC1. The molecule has 1 heterocycles. The Morgan fingerprint density at radius 1 is 1.23 bits per heavy atom. The Labute approximate surface area is 199 Å². The van der Waals surface area contributed by atoms with Crippen LogP contribution < -0.4 is 0 Å². The maximum Gasteiger partial charge on any atom is 0.410 e. The summed E-state index contributed by atoms with van der Waals surface area (Å²) in [6.07, 6.45) is 5.68. The minimum absolute atomic E-state index is 0.159. The van der Waals surface area contributed by atoms with Crippen LogP contribution in [0.3, 0.4) is 0 Å². The lowest BCUT2D eigenvalue weighted by Gasteiger charge is -2.40. The van der Waals surface area contributed by atoms with Crippen LogP contribution in [-0.2, 0) is 11.2 Å². The summed E-state index contributed by atoms with van der Waals surface area (Å²) in [4.78, 5) is 16.8. The highest BCUT2D eigenvalue weighted by atomic mass is 79.9. The van der Waals surface area contributed by atoms with Crippen LogP contribution in [0.25, 0.3) is 0 Å². The largest absolute Gasteiger partial charge is 0.444 e. The molecule has 0 aromatic heterocycles. The van der Waals surface area contributed by atoms with E-state index in [0.717, 1.165) is 35.4 Å². The zero-order chi connectivity index (χ0) is 22.8. The molecule has 168 valence electrons. The Kier molecular flexibility index (Phi) is 7.72. The van der Waals surface area contributed by atoms with Crippen LogP contribution in [0.4, 0.5) is 4.79 Å². The number of hydrogen-bond donors (Lipinski definition) is 0. The second kappa shape index (κ2) is 9.93. The number of carbonyl (C=O) groups excluding carboxylic acids is 1. The molecular weight excluding hydrogens is 476 g/mol. The van der Waals surface area contributed by atoms with E-state index in [1.54, 1.807) is 0 Å². The van der Waals surface area contributed by atoms with Crippen molar-refractivity contribution in [2.24, 2.45) is 0 Å². The number of rotatable bonds is 3. The third-order valence-corrected chi connectivity index (χ3v) is 6.61. The molecule has 1 aromatic rings. The number of amides is 1. The third kappa shape index (κ3) is 6.03. The van der Waals surface area contributed by atoms with Gasteiger partial charge in [0.25, 0.3) is 0 Å². The van der Waals surface area contributed by atoms with Gasteiger partial charge in [-0.15, -0.1) is 0 Å². The van der Waals surface area contributed by atoms with E-state index >= 15 is 0 Å². The van der Waals surface area contributed by atoms with Crippen molar-refractivity contribution in [3.05, 3.63) is 68.7 Å². The minimum atomic E-state index is -0.479. The fraction of sp³-hybridized carbons (Fsp3) is 0.480. The molecule has 3 rings (SSSR count). The number of carbonyl (C=O) groups is 1. The maximum atomic E-state index is 12.5. The van der Waals surface area contributed by atoms with Gasteiger partial charge in [-0.3, -0.25) is 4.90 Å². The summed E-state index contributed by atoms with van der Waals surface area (Å²) in [7, 11) is 0. The Balaban J connectivity index is 1.88. The highest BCUT2D eigenvalue weighted by molar-refractivity contribution is 9.11. The monoisotopic (exact) mass is 506 g/mol. The third-order valence-electron chi connectivity index (χ3n) is 5.82. The molecule has 0 radical (unpaired) electrons.